The molecule has 2 N–H and O–H groups in total. The summed E-state index contributed by atoms with van der Waals surface area (Å²) in [5, 5.41) is 5.00. The summed E-state index contributed by atoms with van der Waals surface area (Å²) in [5.74, 6) is 2.15. The van der Waals surface area contributed by atoms with Gasteiger partial charge in [-0.1, -0.05) is 68.4 Å². The third-order valence-electron chi connectivity index (χ3n) is 8.03. The molecule has 0 radical (unpaired) electrons. The summed E-state index contributed by atoms with van der Waals surface area (Å²) in [7, 11) is 1.31. The van der Waals surface area contributed by atoms with Crippen LogP contribution in [0.5, 0.6) is 0 Å². The Labute approximate surface area is 248 Å². The summed E-state index contributed by atoms with van der Waals surface area (Å²) in [4.78, 5) is 38.2. The van der Waals surface area contributed by atoms with Crippen molar-refractivity contribution in [2.24, 2.45) is 5.92 Å². The van der Waals surface area contributed by atoms with Crippen molar-refractivity contribution in [2.75, 3.05) is 19.4 Å². The fourth-order valence-corrected chi connectivity index (χ4v) is 8.71. The van der Waals surface area contributed by atoms with E-state index in [0.717, 1.165) is 35.7 Å². The molecule has 9 heteroatoms. The summed E-state index contributed by atoms with van der Waals surface area (Å²) >= 11 is 3.82. The lowest BCUT2D eigenvalue weighted by Crippen LogP contribution is -2.51. The normalized spacial score (nSPS) is 18.9. The number of rotatable bonds is 7. The lowest BCUT2D eigenvalue weighted by atomic mass is 9.98. The summed E-state index contributed by atoms with van der Waals surface area (Å²) in [6.45, 7) is 4.47. The van der Waals surface area contributed by atoms with Crippen LogP contribution in [0.3, 0.4) is 0 Å². The molecule has 2 aliphatic rings. The number of hydrogen-bond donors (Lipinski definition) is 2. The van der Waals surface area contributed by atoms with E-state index in [9.17, 15) is 9.59 Å². The van der Waals surface area contributed by atoms with Crippen LogP contribution in [0.15, 0.2) is 71.1 Å². The minimum absolute atomic E-state index is 0.0689. The Balaban J connectivity index is 1.18. The first kappa shape index (κ1) is 27.6. The van der Waals surface area contributed by atoms with Crippen molar-refractivity contribution in [3.63, 3.8) is 0 Å². The Kier molecular flexibility index (Phi) is 7.90. The number of nitrogens with zero attached hydrogens (tertiary/aromatic N) is 2. The molecule has 0 spiro atoms. The molecule has 3 atom stereocenters. The maximum atomic E-state index is 13.4. The third-order valence-corrected chi connectivity index (χ3v) is 10.5. The first-order chi connectivity index (χ1) is 19.9. The van der Waals surface area contributed by atoms with Crippen LogP contribution in [0.25, 0.3) is 22.4 Å². The van der Waals surface area contributed by atoms with E-state index in [1.54, 1.807) is 0 Å². The highest BCUT2D eigenvalue weighted by Crippen LogP contribution is 2.51. The predicted molar refractivity (Wildman–Crippen MR) is 164 cm³/mol. The van der Waals surface area contributed by atoms with E-state index in [2.05, 4.69) is 75.3 Å². The van der Waals surface area contributed by atoms with Gasteiger partial charge in [-0.15, -0.1) is 23.1 Å². The SMILES string of the molecule is COC(=O)N[C@H](C(=O)N1CCCC1c1ncc(-c2ccc(-c3csc4c3SCC4c3ccccc3)cc2)[nH]1)C(C)C. The van der Waals surface area contributed by atoms with Gasteiger partial charge in [-0.25, -0.2) is 9.78 Å². The molecule has 2 amide bonds. The van der Waals surface area contributed by atoms with Crippen LogP contribution in [-0.2, 0) is 9.53 Å². The van der Waals surface area contributed by atoms with E-state index in [1.807, 2.05) is 48.0 Å². The van der Waals surface area contributed by atoms with Crippen LogP contribution in [0, 0.1) is 5.92 Å². The van der Waals surface area contributed by atoms with Crippen LogP contribution in [-0.4, -0.2) is 52.3 Å². The highest BCUT2D eigenvalue weighted by atomic mass is 32.2. The molecule has 41 heavy (non-hydrogen) atoms. The number of imidazole rings is 1. The molecule has 2 unspecified atom stereocenters. The molecule has 4 aromatic rings. The number of carbonyl (C=O) groups is 2. The molecule has 4 heterocycles. The maximum absolute atomic E-state index is 13.4. The number of thiophene rings is 1. The number of amides is 2. The smallest absolute Gasteiger partial charge is 0.407 e. The van der Waals surface area contributed by atoms with E-state index in [0.29, 0.717) is 12.5 Å². The van der Waals surface area contributed by atoms with Crippen molar-refractivity contribution in [1.82, 2.24) is 20.2 Å². The quantitative estimate of drug-likeness (QED) is 0.242. The van der Waals surface area contributed by atoms with Crippen molar-refractivity contribution in [3.8, 4) is 22.4 Å². The van der Waals surface area contributed by atoms with Crippen LogP contribution >= 0.6 is 23.1 Å². The maximum Gasteiger partial charge on any atom is 0.407 e. The molecule has 1 saturated heterocycles. The Morgan fingerprint density at radius 1 is 1.10 bits per heavy atom. The topological polar surface area (TPSA) is 87.3 Å². The third kappa shape index (κ3) is 5.40. The highest BCUT2D eigenvalue weighted by Gasteiger charge is 2.37. The van der Waals surface area contributed by atoms with Crippen molar-refractivity contribution >= 4 is 35.1 Å². The molecule has 2 aromatic carbocycles. The summed E-state index contributed by atoms with van der Waals surface area (Å²) in [6.07, 6.45) is 2.96. The number of ether oxygens (including phenoxy) is 1. The average Bonchev–Trinajstić information content (AvgIpc) is 3.80. The van der Waals surface area contributed by atoms with E-state index in [1.165, 1.54) is 33.6 Å². The number of likely N-dealkylation sites (tertiary alicyclic amines) is 1. The van der Waals surface area contributed by atoms with Gasteiger partial charge in [0.15, 0.2) is 0 Å². The van der Waals surface area contributed by atoms with Gasteiger partial charge in [0.2, 0.25) is 5.91 Å². The first-order valence-corrected chi connectivity index (χ1v) is 15.9. The Morgan fingerprint density at radius 3 is 2.59 bits per heavy atom. The van der Waals surface area contributed by atoms with E-state index >= 15 is 0 Å². The largest absolute Gasteiger partial charge is 0.453 e. The van der Waals surface area contributed by atoms with Crippen molar-refractivity contribution in [2.45, 2.75) is 49.6 Å². The van der Waals surface area contributed by atoms with E-state index in [-0.39, 0.29) is 17.9 Å². The number of carbonyl (C=O) groups excluding carboxylic acids is 2. The molecule has 6 rings (SSSR count). The molecule has 7 nitrogen and oxygen atoms in total. The zero-order valence-corrected chi connectivity index (χ0v) is 25.1. The molecule has 212 valence electrons. The lowest BCUT2D eigenvalue weighted by molar-refractivity contribution is -0.135. The van der Waals surface area contributed by atoms with E-state index in [4.69, 9.17) is 4.74 Å². The number of aromatic nitrogens is 2. The molecule has 1 fully saturated rings. The highest BCUT2D eigenvalue weighted by molar-refractivity contribution is 8.00. The van der Waals surface area contributed by atoms with Gasteiger partial charge in [0.1, 0.15) is 11.9 Å². The monoisotopic (exact) mass is 586 g/mol. The van der Waals surface area contributed by atoms with Crippen LogP contribution in [0.4, 0.5) is 4.79 Å². The fraction of sp³-hybridized carbons (Fsp3) is 0.344. The van der Waals surface area contributed by atoms with Crippen LogP contribution < -0.4 is 5.32 Å². The fourth-order valence-electron chi connectivity index (χ4n) is 5.80. The van der Waals surface area contributed by atoms with Gasteiger partial charge < -0.3 is 19.9 Å². The molecule has 2 aromatic heterocycles. The van der Waals surface area contributed by atoms with Crippen molar-refractivity contribution in [1.29, 1.82) is 0 Å². The Hall–Kier alpha value is -3.56. The zero-order chi connectivity index (χ0) is 28.5. The lowest BCUT2D eigenvalue weighted by Gasteiger charge is -2.30. The number of methoxy groups -OCH3 is 1. The first-order valence-electron chi connectivity index (χ1n) is 14.0. The molecular weight excluding hydrogens is 553 g/mol. The minimum Gasteiger partial charge on any atom is -0.453 e. The minimum atomic E-state index is -0.648. The number of H-pyrrole nitrogens is 1. The van der Waals surface area contributed by atoms with Crippen LogP contribution in [0.2, 0.25) is 0 Å². The standard InChI is InChI=1S/C32H34N4O3S2/c1-19(2)27(35-32(38)39-3)31(37)36-15-7-10-26(36)30-33-16-25(34-30)22-13-11-21(12-14-22)24-18-41-28-23(17-40-29(24)28)20-8-5-4-6-9-20/h4-6,8-9,11-14,16,18-19,23,26-27H,7,10,15,17H2,1-3H3,(H,33,34)(H,35,38)/t23?,26?,27-/m0/s1. The molecule has 0 bridgehead atoms. The molecular formula is C32H34N4O3S2. The summed E-state index contributed by atoms with van der Waals surface area (Å²) < 4.78 is 4.74. The van der Waals surface area contributed by atoms with Crippen molar-refractivity contribution < 1.29 is 14.3 Å². The average molecular weight is 587 g/mol. The van der Waals surface area contributed by atoms with Crippen LogP contribution in [0.1, 0.15) is 54.9 Å². The Morgan fingerprint density at radius 2 is 1.85 bits per heavy atom. The number of alkyl carbamates (subject to hydrolysis) is 1. The number of aromatic amines is 1. The van der Waals surface area contributed by atoms with E-state index < -0.39 is 12.1 Å². The number of thioether (sulfide) groups is 1. The van der Waals surface area contributed by atoms with Gasteiger partial charge in [-0.2, -0.15) is 0 Å². The second-order valence-electron chi connectivity index (χ2n) is 10.9. The van der Waals surface area contributed by atoms with Gasteiger partial charge in [0.05, 0.1) is 25.0 Å². The van der Waals surface area contributed by atoms with Gasteiger partial charge in [-0.05, 0) is 35.4 Å². The second-order valence-corrected chi connectivity index (χ2v) is 12.9. The second kappa shape index (κ2) is 11.7. The number of nitrogens with one attached hydrogen (secondary N) is 2. The molecule has 0 aliphatic carbocycles. The number of fused-ring (bicyclic) bond motifs is 1. The zero-order valence-electron chi connectivity index (χ0n) is 23.4. The number of hydrogen-bond acceptors (Lipinski definition) is 6. The van der Waals surface area contributed by atoms with Gasteiger partial charge in [0.25, 0.3) is 0 Å². The van der Waals surface area contributed by atoms with Gasteiger partial charge in [0, 0.05) is 38.9 Å². The van der Waals surface area contributed by atoms with Gasteiger partial charge in [-0.3, -0.25) is 4.79 Å². The molecule has 2 aliphatic heterocycles. The van der Waals surface area contributed by atoms with Gasteiger partial charge >= 0.3 is 6.09 Å². The van der Waals surface area contributed by atoms with Crippen molar-refractivity contribution in [3.05, 3.63) is 82.4 Å². The Bertz CT molecular complexity index is 1530. The predicted octanol–water partition coefficient (Wildman–Crippen LogP) is 7.09. The molecule has 0 saturated carbocycles. The summed E-state index contributed by atoms with van der Waals surface area (Å²) in [5.41, 5.74) is 5.90. The summed E-state index contributed by atoms with van der Waals surface area (Å²) in [6, 6.07) is 18.6. The number of benzene rings is 2.